The lowest BCUT2D eigenvalue weighted by Gasteiger charge is -2.13. The molecule has 0 aromatic heterocycles. The average Bonchev–Trinajstić information content (AvgIpc) is 2.59. The van der Waals surface area contributed by atoms with E-state index in [1.807, 2.05) is 33.0 Å². The van der Waals surface area contributed by atoms with Crippen LogP contribution >= 0.6 is 0 Å². The summed E-state index contributed by atoms with van der Waals surface area (Å²) in [6.07, 6.45) is 0.820. The van der Waals surface area contributed by atoms with E-state index in [9.17, 15) is 4.79 Å². The molecule has 1 atom stereocenters. The zero-order valence-electron chi connectivity index (χ0n) is 10.6. The molecule has 1 saturated heterocycles. The fourth-order valence-electron chi connectivity index (χ4n) is 2.18. The molecule has 0 radical (unpaired) electrons. The van der Waals surface area contributed by atoms with Crippen LogP contribution in [-0.4, -0.2) is 30.5 Å². The number of likely N-dealkylation sites (tertiary alicyclic amines) is 1. The van der Waals surface area contributed by atoms with Gasteiger partial charge in [0.15, 0.2) is 0 Å². The van der Waals surface area contributed by atoms with Crippen LogP contribution < -0.4 is 4.74 Å². The van der Waals surface area contributed by atoms with E-state index in [-0.39, 0.29) is 12.0 Å². The van der Waals surface area contributed by atoms with Crippen molar-refractivity contribution in [3.05, 3.63) is 29.8 Å². The quantitative estimate of drug-likeness (QED) is 0.802. The number of ether oxygens (including phenoxy) is 1. The van der Waals surface area contributed by atoms with Gasteiger partial charge in [-0.25, -0.2) is 0 Å². The minimum Gasteiger partial charge on any atom is -0.491 e. The van der Waals surface area contributed by atoms with Crippen molar-refractivity contribution >= 4 is 5.91 Å². The van der Waals surface area contributed by atoms with E-state index in [0.29, 0.717) is 12.3 Å². The van der Waals surface area contributed by atoms with Gasteiger partial charge < -0.3 is 9.64 Å². The van der Waals surface area contributed by atoms with Gasteiger partial charge in [0.2, 0.25) is 5.91 Å². The Morgan fingerprint density at radius 3 is 2.41 bits per heavy atom. The van der Waals surface area contributed by atoms with Crippen molar-refractivity contribution in [3.8, 4) is 5.75 Å². The van der Waals surface area contributed by atoms with E-state index in [4.69, 9.17) is 4.74 Å². The van der Waals surface area contributed by atoms with E-state index in [2.05, 4.69) is 12.1 Å². The van der Waals surface area contributed by atoms with E-state index < -0.39 is 0 Å². The maximum Gasteiger partial charge on any atom is 0.223 e. The molecule has 1 unspecified atom stereocenters. The van der Waals surface area contributed by atoms with Crippen LogP contribution in [0.4, 0.5) is 0 Å². The van der Waals surface area contributed by atoms with Crippen LogP contribution in [0, 0.1) is 0 Å². The Morgan fingerprint density at radius 2 is 1.94 bits per heavy atom. The summed E-state index contributed by atoms with van der Waals surface area (Å²) in [6, 6.07) is 8.10. The second-order valence-corrected chi connectivity index (χ2v) is 4.91. The fourth-order valence-corrected chi connectivity index (χ4v) is 2.18. The van der Waals surface area contributed by atoms with Crippen molar-refractivity contribution in [2.45, 2.75) is 32.3 Å². The highest BCUT2D eigenvalue weighted by molar-refractivity contribution is 5.79. The fraction of sp³-hybridized carbons (Fsp3) is 0.500. The Bertz CT molecular complexity index is 397. The molecular weight excluding hydrogens is 214 g/mol. The van der Waals surface area contributed by atoms with Crippen molar-refractivity contribution in [2.75, 3.05) is 13.6 Å². The Morgan fingerprint density at radius 1 is 1.29 bits per heavy atom. The summed E-state index contributed by atoms with van der Waals surface area (Å²) in [7, 11) is 1.86. The average molecular weight is 233 g/mol. The predicted octanol–water partition coefficient (Wildman–Crippen LogP) is 2.42. The molecule has 17 heavy (non-hydrogen) atoms. The number of carbonyl (C=O) groups excluding carboxylic acids is 1. The van der Waals surface area contributed by atoms with E-state index in [1.165, 1.54) is 5.56 Å². The topological polar surface area (TPSA) is 29.5 Å². The van der Waals surface area contributed by atoms with Crippen LogP contribution in [0.2, 0.25) is 0 Å². The molecule has 1 aliphatic rings. The summed E-state index contributed by atoms with van der Waals surface area (Å²) >= 11 is 0. The van der Waals surface area contributed by atoms with Crippen LogP contribution in [0.25, 0.3) is 0 Å². The monoisotopic (exact) mass is 233 g/mol. The lowest BCUT2D eigenvalue weighted by molar-refractivity contribution is -0.126. The van der Waals surface area contributed by atoms with Gasteiger partial charge in [-0.1, -0.05) is 12.1 Å². The third-order valence-corrected chi connectivity index (χ3v) is 3.06. The molecule has 1 aliphatic heterocycles. The minimum atomic E-state index is 0.194. The summed E-state index contributed by atoms with van der Waals surface area (Å²) in [5.74, 6) is 1.46. The second-order valence-electron chi connectivity index (χ2n) is 4.91. The molecule has 1 aromatic carbocycles. The smallest absolute Gasteiger partial charge is 0.223 e. The first-order valence-electron chi connectivity index (χ1n) is 6.07. The number of amides is 1. The van der Waals surface area contributed by atoms with Gasteiger partial charge in [-0.3, -0.25) is 4.79 Å². The molecule has 0 spiro atoms. The molecule has 0 bridgehead atoms. The van der Waals surface area contributed by atoms with Crippen molar-refractivity contribution in [1.82, 2.24) is 4.90 Å². The molecule has 1 heterocycles. The van der Waals surface area contributed by atoms with Gasteiger partial charge in [0, 0.05) is 25.9 Å². The molecule has 0 saturated carbocycles. The molecular formula is C14H19NO2. The lowest BCUT2D eigenvalue weighted by atomic mass is 9.98. The molecule has 1 aromatic rings. The Hall–Kier alpha value is -1.51. The summed E-state index contributed by atoms with van der Waals surface area (Å²) in [5, 5.41) is 0. The number of likely N-dealkylation sites (N-methyl/N-ethyl adjacent to an activating group) is 1. The minimum absolute atomic E-state index is 0.194. The zero-order valence-corrected chi connectivity index (χ0v) is 10.6. The molecule has 0 aliphatic carbocycles. The Kier molecular flexibility index (Phi) is 3.36. The standard InChI is InChI=1S/C14H19NO2/c1-10(2)17-13-6-4-11(5-7-13)12-8-14(16)15(3)9-12/h4-7,10,12H,8-9H2,1-3H3. The first-order chi connectivity index (χ1) is 8.06. The normalized spacial score (nSPS) is 20.1. The van der Waals surface area contributed by atoms with Crippen molar-refractivity contribution in [3.63, 3.8) is 0 Å². The van der Waals surface area contributed by atoms with Crippen molar-refractivity contribution < 1.29 is 9.53 Å². The van der Waals surface area contributed by atoms with Crippen molar-refractivity contribution in [1.29, 1.82) is 0 Å². The molecule has 1 fully saturated rings. The molecule has 3 heteroatoms. The molecule has 2 rings (SSSR count). The highest BCUT2D eigenvalue weighted by Crippen LogP contribution is 2.28. The zero-order chi connectivity index (χ0) is 12.4. The van der Waals surface area contributed by atoms with Gasteiger partial charge in [-0.15, -0.1) is 0 Å². The van der Waals surface area contributed by atoms with Crippen LogP contribution in [0.5, 0.6) is 5.75 Å². The SMILES string of the molecule is CC(C)Oc1ccc(C2CC(=O)N(C)C2)cc1. The van der Waals surface area contributed by atoms with Gasteiger partial charge >= 0.3 is 0 Å². The largest absolute Gasteiger partial charge is 0.491 e. The Balaban J connectivity index is 2.06. The van der Waals surface area contributed by atoms with Crippen LogP contribution in [0.3, 0.4) is 0 Å². The third-order valence-electron chi connectivity index (χ3n) is 3.06. The number of hydrogen-bond acceptors (Lipinski definition) is 2. The van der Waals surface area contributed by atoms with E-state index >= 15 is 0 Å². The summed E-state index contributed by atoms with van der Waals surface area (Å²) in [4.78, 5) is 13.3. The van der Waals surface area contributed by atoms with E-state index in [1.54, 1.807) is 4.90 Å². The van der Waals surface area contributed by atoms with Crippen LogP contribution in [-0.2, 0) is 4.79 Å². The number of hydrogen-bond donors (Lipinski definition) is 0. The summed E-state index contributed by atoms with van der Waals surface area (Å²) in [6.45, 7) is 4.85. The van der Waals surface area contributed by atoms with Gasteiger partial charge in [0.25, 0.3) is 0 Å². The molecule has 1 amide bonds. The maximum atomic E-state index is 11.5. The predicted molar refractivity (Wildman–Crippen MR) is 67.2 cm³/mol. The van der Waals surface area contributed by atoms with Gasteiger partial charge in [-0.2, -0.15) is 0 Å². The van der Waals surface area contributed by atoms with Crippen LogP contribution in [0.15, 0.2) is 24.3 Å². The Labute approximate surface area is 102 Å². The van der Waals surface area contributed by atoms with E-state index in [0.717, 1.165) is 12.3 Å². The maximum absolute atomic E-state index is 11.5. The molecule has 3 nitrogen and oxygen atoms in total. The molecule has 92 valence electrons. The van der Waals surface area contributed by atoms with Gasteiger partial charge in [-0.05, 0) is 31.5 Å². The second kappa shape index (κ2) is 4.78. The summed E-state index contributed by atoms with van der Waals surface area (Å²) in [5.41, 5.74) is 1.22. The number of carbonyl (C=O) groups is 1. The van der Waals surface area contributed by atoms with Crippen LogP contribution in [0.1, 0.15) is 31.7 Å². The number of benzene rings is 1. The number of rotatable bonds is 3. The highest BCUT2D eigenvalue weighted by atomic mass is 16.5. The molecule has 0 N–H and O–H groups in total. The van der Waals surface area contributed by atoms with Gasteiger partial charge in [0.1, 0.15) is 5.75 Å². The highest BCUT2D eigenvalue weighted by Gasteiger charge is 2.27. The number of nitrogens with zero attached hydrogens (tertiary/aromatic N) is 1. The lowest BCUT2D eigenvalue weighted by Crippen LogP contribution is -2.18. The third kappa shape index (κ3) is 2.78. The first kappa shape index (κ1) is 12.0. The van der Waals surface area contributed by atoms with Gasteiger partial charge in [0.05, 0.1) is 6.10 Å². The summed E-state index contributed by atoms with van der Waals surface area (Å²) < 4.78 is 5.60. The van der Waals surface area contributed by atoms with Crippen molar-refractivity contribution in [2.24, 2.45) is 0 Å². The first-order valence-corrected chi connectivity index (χ1v) is 6.07.